The van der Waals surface area contributed by atoms with E-state index >= 15 is 0 Å². The van der Waals surface area contributed by atoms with Gasteiger partial charge in [0.05, 0.1) is 38.3 Å². The zero-order chi connectivity index (χ0) is 24.5. The van der Waals surface area contributed by atoms with Crippen molar-refractivity contribution in [2.75, 3.05) is 25.7 Å². The lowest BCUT2D eigenvalue weighted by Crippen LogP contribution is -2.56. The van der Waals surface area contributed by atoms with Gasteiger partial charge in [-0.05, 0) is 31.5 Å². The maximum absolute atomic E-state index is 13.8. The third-order valence-electron chi connectivity index (χ3n) is 6.73. The lowest BCUT2D eigenvalue weighted by atomic mass is 9.77. The van der Waals surface area contributed by atoms with Crippen molar-refractivity contribution in [1.82, 2.24) is 5.32 Å². The number of hydrogen-bond donors (Lipinski definition) is 1. The Morgan fingerprint density at radius 1 is 1.03 bits per heavy atom. The first-order valence-corrected chi connectivity index (χ1v) is 11.5. The van der Waals surface area contributed by atoms with Crippen LogP contribution in [0.5, 0.6) is 11.5 Å². The van der Waals surface area contributed by atoms with Crippen molar-refractivity contribution in [2.24, 2.45) is 11.8 Å². The molecule has 2 aliphatic rings. The molecule has 2 amide bonds. The highest BCUT2D eigenvalue weighted by atomic mass is 16.5. The van der Waals surface area contributed by atoms with Gasteiger partial charge in [-0.3, -0.25) is 19.7 Å². The van der Waals surface area contributed by atoms with Gasteiger partial charge >= 0.3 is 5.97 Å². The van der Waals surface area contributed by atoms with E-state index in [9.17, 15) is 14.4 Å². The molecule has 34 heavy (non-hydrogen) atoms. The van der Waals surface area contributed by atoms with Crippen molar-refractivity contribution in [1.29, 1.82) is 0 Å². The molecule has 2 fully saturated rings. The lowest BCUT2D eigenvalue weighted by Gasteiger charge is -2.32. The predicted molar refractivity (Wildman–Crippen MR) is 126 cm³/mol. The summed E-state index contributed by atoms with van der Waals surface area (Å²) < 4.78 is 16.4. The van der Waals surface area contributed by atoms with Crippen LogP contribution in [-0.4, -0.2) is 44.1 Å². The predicted octanol–water partition coefficient (Wildman–Crippen LogP) is 3.26. The normalized spacial score (nSPS) is 25.9. The van der Waals surface area contributed by atoms with Crippen LogP contribution in [0.4, 0.5) is 5.69 Å². The molecule has 0 saturated carbocycles. The van der Waals surface area contributed by atoms with Crippen molar-refractivity contribution < 1.29 is 28.6 Å². The van der Waals surface area contributed by atoms with E-state index in [1.54, 1.807) is 50.4 Å². The van der Waals surface area contributed by atoms with Gasteiger partial charge in [0.1, 0.15) is 17.0 Å². The third-order valence-corrected chi connectivity index (χ3v) is 6.73. The molecule has 180 valence electrons. The van der Waals surface area contributed by atoms with E-state index in [-0.39, 0.29) is 12.5 Å². The second-order valence-electron chi connectivity index (χ2n) is 8.52. The molecule has 2 aromatic rings. The minimum Gasteiger partial charge on any atom is -0.497 e. The fourth-order valence-corrected chi connectivity index (χ4v) is 5.35. The van der Waals surface area contributed by atoms with Crippen LogP contribution in [-0.2, 0) is 19.1 Å². The SMILES string of the molecule is CCC[C@]1(C(=O)OCC)N[C@H](c2ccc(OC)cc2OC)[C@@H]2C(=O)N(c3ccccc3)C(=O)[C@H]21. The smallest absolute Gasteiger partial charge is 0.327 e. The molecular weight excluding hydrogens is 436 g/mol. The van der Waals surface area contributed by atoms with E-state index in [0.717, 1.165) is 0 Å². The highest BCUT2D eigenvalue weighted by Crippen LogP contribution is 2.53. The Morgan fingerprint density at radius 3 is 2.38 bits per heavy atom. The molecule has 1 N–H and O–H groups in total. The molecule has 2 aromatic carbocycles. The second-order valence-corrected chi connectivity index (χ2v) is 8.52. The molecule has 2 aliphatic heterocycles. The van der Waals surface area contributed by atoms with Crippen LogP contribution < -0.4 is 19.7 Å². The van der Waals surface area contributed by atoms with Gasteiger partial charge in [0.15, 0.2) is 0 Å². The maximum atomic E-state index is 13.8. The van der Waals surface area contributed by atoms with Gasteiger partial charge in [0, 0.05) is 17.7 Å². The largest absolute Gasteiger partial charge is 0.497 e. The number of hydrogen-bond acceptors (Lipinski definition) is 7. The van der Waals surface area contributed by atoms with Crippen molar-refractivity contribution in [3.8, 4) is 11.5 Å². The Labute approximate surface area is 199 Å². The number of amides is 2. The number of methoxy groups -OCH3 is 2. The summed E-state index contributed by atoms with van der Waals surface area (Å²) in [5, 5.41) is 3.39. The number of rotatable bonds is 8. The first kappa shape index (κ1) is 23.8. The summed E-state index contributed by atoms with van der Waals surface area (Å²) in [6, 6.07) is 13.5. The standard InChI is InChI=1S/C26H30N2O6/c1-5-14-26(25(31)34-6-2)21-20(23(29)28(24(21)30)16-10-8-7-9-11-16)22(27-26)18-13-12-17(32-3)15-19(18)33-4/h7-13,15,20-22,27H,5-6,14H2,1-4H3/t20-,21+,22-,26+/m1/s1. The first-order valence-electron chi connectivity index (χ1n) is 11.5. The van der Waals surface area contributed by atoms with Crippen LogP contribution in [0.2, 0.25) is 0 Å². The molecule has 4 atom stereocenters. The molecule has 4 rings (SSSR count). The van der Waals surface area contributed by atoms with Crippen LogP contribution in [0.25, 0.3) is 0 Å². The summed E-state index contributed by atoms with van der Waals surface area (Å²) in [4.78, 5) is 42.3. The Kier molecular flexibility index (Phi) is 6.61. The van der Waals surface area contributed by atoms with Gasteiger partial charge in [-0.2, -0.15) is 0 Å². The average molecular weight is 467 g/mol. The number of carbonyl (C=O) groups is 3. The molecule has 0 bridgehead atoms. The quantitative estimate of drug-likeness (QED) is 0.471. The highest BCUT2D eigenvalue weighted by Gasteiger charge is 2.68. The molecule has 0 aliphatic carbocycles. The van der Waals surface area contributed by atoms with Gasteiger partial charge in [-0.1, -0.05) is 37.6 Å². The number of nitrogens with one attached hydrogen (secondary N) is 1. The molecule has 8 nitrogen and oxygen atoms in total. The van der Waals surface area contributed by atoms with Crippen LogP contribution in [0, 0.1) is 11.8 Å². The molecule has 2 saturated heterocycles. The molecular formula is C26H30N2O6. The van der Waals surface area contributed by atoms with Gasteiger partial charge in [0.25, 0.3) is 0 Å². The van der Waals surface area contributed by atoms with E-state index in [2.05, 4.69) is 5.32 Å². The number of carbonyl (C=O) groups excluding carboxylic acids is 3. The van der Waals surface area contributed by atoms with Gasteiger partial charge in [0.2, 0.25) is 11.8 Å². The fourth-order valence-electron chi connectivity index (χ4n) is 5.35. The van der Waals surface area contributed by atoms with E-state index in [0.29, 0.717) is 35.6 Å². The third kappa shape index (κ3) is 3.62. The summed E-state index contributed by atoms with van der Waals surface area (Å²) in [7, 11) is 3.09. The zero-order valence-corrected chi connectivity index (χ0v) is 19.9. The van der Waals surface area contributed by atoms with E-state index in [4.69, 9.17) is 14.2 Å². The molecule has 0 spiro atoms. The topological polar surface area (TPSA) is 94.2 Å². The number of para-hydroxylation sites is 1. The van der Waals surface area contributed by atoms with E-state index < -0.39 is 35.3 Å². The first-order chi connectivity index (χ1) is 16.4. The number of fused-ring (bicyclic) bond motifs is 1. The average Bonchev–Trinajstić information content (AvgIpc) is 3.33. The van der Waals surface area contributed by atoms with Crippen molar-refractivity contribution >= 4 is 23.5 Å². The van der Waals surface area contributed by atoms with E-state index in [1.807, 2.05) is 19.1 Å². The van der Waals surface area contributed by atoms with Gasteiger partial charge in [-0.25, -0.2) is 4.90 Å². The Bertz CT molecular complexity index is 1090. The number of anilines is 1. The monoisotopic (exact) mass is 466 g/mol. The fraction of sp³-hybridized carbons (Fsp3) is 0.423. The lowest BCUT2D eigenvalue weighted by molar-refractivity contribution is -0.155. The summed E-state index contributed by atoms with van der Waals surface area (Å²) in [6.45, 7) is 3.84. The number of nitrogens with zero attached hydrogens (tertiary/aromatic N) is 1. The van der Waals surface area contributed by atoms with Crippen LogP contribution in [0.1, 0.15) is 38.3 Å². The summed E-state index contributed by atoms with van der Waals surface area (Å²) in [5.74, 6) is -1.87. The molecule has 0 aromatic heterocycles. The van der Waals surface area contributed by atoms with Gasteiger partial charge in [-0.15, -0.1) is 0 Å². The highest BCUT2D eigenvalue weighted by molar-refractivity contribution is 6.24. The maximum Gasteiger partial charge on any atom is 0.327 e. The minimum absolute atomic E-state index is 0.171. The molecule has 8 heteroatoms. The zero-order valence-electron chi connectivity index (χ0n) is 19.9. The molecule has 0 radical (unpaired) electrons. The van der Waals surface area contributed by atoms with Gasteiger partial charge < -0.3 is 14.2 Å². The number of esters is 1. The minimum atomic E-state index is -1.33. The molecule has 0 unspecified atom stereocenters. The van der Waals surface area contributed by atoms with Crippen LogP contribution in [0.3, 0.4) is 0 Å². The number of ether oxygens (including phenoxy) is 3. The molecule has 2 heterocycles. The second kappa shape index (κ2) is 9.46. The van der Waals surface area contributed by atoms with Crippen LogP contribution >= 0.6 is 0 Å². The summed E-state index contributed by atoms with van der Waals surface area (Å²) >= 11 is 0. The Morgan fingerprint density at radius 2 is 1.76 bits per heavy atom. The summed E-state index contributed by atoms with van der Waals surface area (Å²) in [6.07, 6.45) is 0.970. The Hall–Kier alpha value is -3.39. The number of imide groups is 1. The van der Waals surface area contributed by atoms with Crippen LogP contribution in [0.15, 0.2) is 48.5 Å². The van der Waals surface area contributed by atoms with E-state index in [1.165, 1.54) is 12.0 Å². The van der Waals surface area contributed by atoms with Crippen molar-refractivity contribution in [2.45, 2.75) is 38.3 Å². The van der Waals surface area contributed by atoms with Crippen molar-refractivity contribution in [3.05, 3.63) is 54.1 Å². The number of benzene rings is 2. The van der Waals surface area contributed by atoms with Crippen molar-refractivity contribution in [3.63, 3.8) is 0 Å². The summed E-state index contributed by atoms with van der Waals surface area (Å²) in [5.41, 5.74) is -0.167. The Balaban J connectivity index is 1.89.